The van der Waals surface area contributed by atoms with Gasteiger partial charge in [0.25, 0.3) is 0 Å². The number of aliphatic hydroxyl groups excluding tert-OH is 1. The molecule has 0 aliphatic carbocycles. The van der Waals surface area contributed by atoms with E-state index < -0.39 is 29.7 Å². The summed E-state index contributed by atoms with van der Waals surface area (Å²) in [6.07, 6.45) is -0.106. The molecule has 0 aromatic heterocycles. The number of aliphatic hydroxyl groups is 1. The van der Waals surface area contributed by atoms with Gasteiger partial charge < -0.3 is 25.4 Å². The van der Waals surface area contributed by atoms with Crippen LogP contribution in [0.3, 0.4) is 0 Å². The van der Waals surface area contributed by atoms with E-state index in [1.165, 1.54) is 4.90 Å². The third-order valence-electron chi connectivity index (χ3n) is 6.13. The van der Waals surface area contributed by atoms with Crippen molar-refractivity contribution in [2.24, 2.45) is 5.92 Å². The first-order valence-corrected chi connectivity index (χ1v) is 12.8. The number of rotatable bonds is 11. The summed E-state index contributed by atoms with van der Waals surface area (Å²) in [6.45, 7) is 10.7. The molecule has 202 valence electrons. The lowest BCUT2D eigenvalue weighted by Crippen LogP contribution is -2.55. The minimum absolute atomic E-state index is 0.0838. The summed E-state index contributed by atoms with van der Waals surface area (Å²) in [5.41, 5.74) is 1.66. The molecule has 3 unspecified atom stereocenters. The fourth-order valence-corrected chi connectivity index (χ4v) is 4.00. The first kappa shape index (κ1) is 29.8. The number of carbonyl (C=O) groups is 3. The second-order valence-electron chi connectivity index (χ2n) is 10.2. The van der Waals surface area contributed by atoms with Crippen molar-refractivity contribution in [2.75, 3.05) is 13.2 Å². The molecule has 0 aliphatic rings. The Hall–Kier alpha value is -3.39. The number of ether oxygens (including phenoxy) is 1. The number of amides is 3. The van der Waals surface area contributed by atoms with Crippen LogP contribution in [0.1, 0.15) is 63.8 Å². The van der Waals surface area contributed by atoms with Gasteiger partial charge in [-0.25, -0.2) is 4.79 Å². The lowest BCUT2D eigenvalue weighted by Gasteiger charge is -2.36. The summed E-state index contributed by atoms with van der Waals surface area (Å²) in [5, 5.41) is 15.6. The van der Waals surface area contributed by atoms with Gasteiger partial charge in [-0.05, 0) is 50.3 Å². The van der Waals surface area contributed by atoms with E-state index in [9.17, 15) is 19.5 Å². The number of hydrogen-bond donors (Lipinski definition) is 3. The summed E-state index contributed by atoms with van der Waals surface area (Å²) in [4.78, 5) is 41.7. The summed E-state index contributed by atoms with van der Waals surface area (Å²) in [7, 11) is 0. The van der Waals surface area contributed by atoms with Gasteiger partial charge in [0.15, 0.2) is 0 Å². The molecular formula is C29H41N3O5. The number of benzene rings is 2. The molecule has 0 saturated heterocycles. The Labute approximate surface area is 220 Å². The molecule has 2 aromatic rings. The topological polar surface area (TPSA) is 108 Å². The van der Waals surface area contributed by atoms with Crippen molar-refractivity contribution in [1.82, 2.24) is 15.5 Å². The summed E-state index contributed by atoms with van der Waals surface area (Å²) in [5.74, 6) is -1.08. The Morgan fingerprint density at radius 2 is 1.65 bits per heavy atom. The van der Waals surface area contributed by atoms with E-state index in [4.69, 9.17) is 4.74 Å². The number of hydrogen-bond acceptors (Lipinski definition) is 5. The van der Waals surface area contributed by atoms with Gasteiger partial charge in [-0.1, -0.05) is 74.9 Å². The lowest BCUT2D eigenvalue weighted by molar-refractivity contribution is -0.144. The van der Waals surface area contributed by atoms with Crippen LogP contribution in [0.2, 0.25) is 0 Å². The molecule has 0 spiro atoms. The van der Waals surface area contributed by atoms with Crippen LogP contribution in [0.5, 0.6) is 0 Å². The Bertz CT molecular complexity index is 1040. The first-order valence-electron chi connectivity index (χ1n) is 12.8. The van der Waals surface area contributed by atoms with Crippen LogP contribution in [0.15, 0.2) is 54.6 Å². The van der Waals surface area contributed by atoms with E-state index in [0.717, 1.165) is 11.1 Å². The molecule has 8 nitrogen and oxygen atoms in total. The quantitative estimate of drug-likeness (QED) is 0.421. The first-order chi connectivity index (χ1) is 17.5. The largest absolute Gasteiger partial charge is 0.444 e. The Morgan fingerprint density at radius 1 is 1.03 bits per heavy atom. The third-order valence-corrected chi connectivity index (χ3v) is 6.13. The van der Waals surface area contributed by atoms with E-state index in [1.54, 1.807) is 26.8 Å². The van der Waals surface area contributed by atoms with E-state index in [1.807, 2.05) is 69.3 Å². The molecule has 8 heteroatoms. The molecule has 2 aromatic carbocycles. The molecule has 3 N–H and O–H groups in total. The van der Waals surface area contributed by atoms with Crippen LogP contribution in [0.25, 0.3) is 0 Å². The zero-order valence-electron chi connectivity index (χ0n) is 22.8. The van der Waals surface area contributed by atoms with Crippen LogP contribution in [0.4, 0.5) is 4.79 Å². The molecule has 2 rings (SSSR count). The van der Waals surface area contributed by atoms with Crippen molar-refractivity contribution in [3.05, 3.63) is 71.3 Å². The predicted octanol–water partition coefficient (Wildman–Crippen LogP) is 4.11. The minimum atomic E-state index is -1.00. The summed E-state index contributed by atoms with van der Waals surface area (Å²) < 4.78 is 5.40. The Morgan fingerprint density at radius 3 is 2.22 bits per heavy atom. The molecule has 0 radical (unpaired) electrons. The van der Waals surface area contributed by atoms with E-state index in [2.05, 4.69) is 10.6 Å². The molecule has 0 saturated carbocycles. The van der Waals surface area contributed by atoms with Crippen LogP contribution in [-0.4, -0.2) is 52.7 Å². The highest BCUT2D eigenvalue weighted by molar-refractivity contribution is 5.92. The minimum Gasteiger partial charge on any atom is -0.444 e. The smallest absolute Gasteiger partial charge is 0.408 e. The van der Waals surface area contributed by atoms with E-state index >= 15 is 0 Å². The van der Waals surface area contributed by atoms with Crippen molar-refractivity contribution in [3.8, 4) is 0 Å². The Kier molecular flexibility index (Phi) is 11.1. The monoisotopic (exact) mass is 511 g/mol. The van der Waals surface area contributed by atoms with Gasteiger partial charge in [0.2, 0.25) is 11.8 Å². The lowest BCUT2D eigenvalue weighted by atomic mass is 9.94. The van der Waals surface area contributed by atoms with Crippen LogP contribution in [-0.2, 0) is 20.9 Å². The van der Waals surface area contributed by atoms with Crippen molar-refractivity contribution in [3.63, 3.8) is 0 Å². The van der Waals surface area contributed by atoms with Gasteiger partial charge in [-0.15, -0.1) is 0 Å². The molecule has 37 heavy (non-hydrogen) atoms. The number of nitrogens with zero attached hydrogens (tertiary/aromatic N) is 1. The standard InChI is InChI=1S/C29H41N3O5/c1-7-20(2)24(31-28(36)37-29(4,5)6)27(35)32(17-18-33)25(23-16-12-11-13-21(23)3)26(34)30-19-22-14-9-8-10-15-22/h8-16,20,24-25,33H,7,17-19H2,1-6H3,(H,30,34)(H,31,36). The van der Waals surface area contributed by atoms with Gasteiger partial charge in [0.1, 0.15) is 17.7 Å². The highest BCUT2D eigenvalue weighted by Gasteiger charge is 2.38. The number of carbonyl (C=O) groups excluding carboxylic acids is 3. The summed E-state index contributed by atoms with van der Waals surface area (Å²) >= 11 is 0. The fourth-order valence-electron chi connectivity index (χ4n) is 4.00. The zero-order valence-corrected chi connectivity index (χ0v) is 22.8. The van der Waals surface area contributed by atoms with Gasteiger partial charge in [0, 0.05) is 13.1 Å². The van der Waals surface area contributed by atoms with Crippen molar-refractivity contribution >= 4 is 17.9 Å². The molecular weight excluding hydrogens is 470 g/mol. The van der Waals surface area contributed by atoms with Gasteiger partial charge >= 0.3 is 6.09 Å². The number of nitrogens with one attached hydrogen (secondary N) is 2. The number of aryl methyl sites for hydroxylation is 1. The highest BCUT2D eigenvalue weighted by Crippen LogP contribution is 2.27. The zero-order chi connectivity index (χ0) is 27.6. The van der Waals surface area contributed by atoms with Crippen LogP contribution < -0.4 is 10.6 Å². The van der Waals surface area contributed by atoms with Crippen LogP contribution in [0, 0.1) is 12.8 Å². The normalized spacial score (nSPS) is 13.7. The second-order valence-corrected chi connectivity index (χ2v) is 10.2. The van der Waals surface area contributed by atoms with Crippen molar-refractivity contribution in [2.45, 2.75) is 72.2 Å². The maximum Gasteiger partial charge on any atom is 0.408 e. The molecule has 0 aliphatic heterocycles. The highest BCUT2D eigenvalue weighted by atomic mass is 16.6. The molecule has 3 atom stereocenters. The van der Waals surface area contributed by atoms with Gasteiger partial charge in [0.05, 0.1) is 6.61 Å². The summed E-state index contributed by atoms with van der Waals surface area (Å²) in [6, 6.07) is 14.9. The molecule has 3 amide bonds. The SMILES string of the molecule is CCC(C)C(NC(=O)OC(C)(C)C)C(=O)N(CCO)C(C(=O)NCc1ccccc1)c1ccccc1C. The fraction of sp³-hybridized carbons (Fsp3) is 0.483. The third kappa shape index (κ3) is 8.89. The van der Waals surface area contributed by atoms with Gasteiger partial charge in [-0.2, -0.15) is 0 Å². The van der Waals surface area contributed by atoms with E-state index in [0.29, 0.717) is 12.0 Å². The molecule has 0 fully saturated rings. The average Bonchev–Trinajstić information content (AvgIpc) is 2.85. The molecule has 0 bridgehead atoms. The average molecular weight is 512 g/mol. The maximum absolute atomic E-state index is 14.0. The maximum atomic E-state index is 14.0. The predicted molar refractivity (Wildman–Crippen MR) is 144 cm³/mol. The second kappa shape index (κ2) is 13.8. The van der Waals surface area contributed by atoms with Crippen LogP contribution >= 0.6 is 0 Å². The molecule has 0 heterocycles. The number of alkyl carbamates (subject to hydrolysis) is 1. The van der Waals surface area contributed by atoms with Crippen molar-refractivity contribution in [1.29, 1.82) is 0 Å². The van der Waals surface area contributed by atoms with E-state index in [-0.39, 0.29) is 31.5 Å². The van der Waals surface area contributed by atoms with Gasteiger partial charge in [-0.3, -0.25) is 9.59 Å². The Balaban J connectivity index is 2.45. The van der Waals surface area contributed by atoms with Crippen molar-refractivity contribution < 1.29 is 24.2 Å².